The van der Waals surface area contributed by atoms with Crippen LogP contribution < -0.4 is 9.64 Å². The number of rotatable bonds is 9. The molecule has 2 aromatic heterocycles. The number of amides is 1. The number of pyridine rings is 1. The number of hydrogen-bond donors (Lipinski definition) is 0. The molecule has 4 heterocycles. The highest BCUT2D eigenvalue weighted by atomic mass is 35.5. The van der Waals surface area contributed by atoms with Gasteiger partial charge in [0.2, 0.25) is 5.91 Å². The van der Waals surface area contributed by atoms with Gasteiger partial charge in [-0.3, -0.25) is 14.7 Å². The van der Waals surface area contributed by atoms with Crippen molar-refractivity contribution in [3.8, 4) is 23.3 Å². The molecular weight excluding hydrogens is 628 g/mol. The smallest absolute Gasteiger partial charge is 0.319 e. The Morgan fingerprint density at radius 2 is 1.98 bits per heavy atom. The number of carbonyl (C=O) groups is 1. The molecule has 2 aromatic carbocycles. The minimum Gasteiger partial charge on any atom is -0.462 e. The number of benzene rings is 2. The molecule has 13 heteroatoms. The van der Waals surface area contributed by atoms with E-state index in [0.29, 0.717) is 33.7 Å². The third-order valence-electron chi connectivity index (χ3n) is 8.88. The van der Waals surface area contributed by atoms with Crippen LogP contribution in [0.3, 0.4) is 0 Å². The van der Waals surface area contributed by atoms with Crippen LogP contribution in [-0.2, 0) is 9.53 Å². The van der Waals surface area contributed by atoms with E-state index in [1.807, 2.05) is 36.2 Å². The quantitative estimate of drug-likeness (QED) is 0.224. The summed E-state index contributed by atoms with van der Waals surface area (Å²) in [6.07, 6.45) is 4.76. The van der Waals surface area contributed by atoms with E-state index in [9.17, 15) is 14.4 Å². The topological polar surface area (TPSA) is 108 Å². The lowest BCUT2D eigenvalue weighted by molar-refractivity contribution is -0.128. The molecule has 2 aliphatic rings. The SMILES string of the molecule is CO[C@@H]1C[C@@H](COc2nc(N3CCN(C(=O)/C=C/CF)[C@@H](CC#N)C3)c3cnc(-c4cccc5cccc(Cl)c45)c(F)c3n2)N(C)C1. The molecular formula is C34H34ClF2N7O3. The van der Waals surface area contributed by atoms with E-state index in [0.717, 1.165) is 24.4 Å². The van der Waals surface area contributed by atoms with Gasteiger partial charge in [0.1, 0.15) is 30.3 Å². The molecule has 2 fully saturated rings. The predicted octanol–water partition coefficient (Wildman–Crippen LogP) is 5.19. The predicted molar refractivity (Wildman–Crippen MR) is 176 cm³/mol. The second-order valence-corrected chi connectivity index (χ2v) is 12.1. The maximum atomic E-state index is 16.7. The Balaban J connectivity index is 1.42. The highest BCUT2D eigenvalue weighted by Gasteiger charge is 2.33. The minimum atomic E-state index is -0.765. The van der Waals surface area contributed by atoms with Crippen LogP contribution in [0, 0.1) is 17.1 Å². The highest BCUT2D eigenvalue weighted by Crippen LogP contribution is 2.37. The van der Waals surface area contributed by atoms with Gasteiger partial charge in [0.15, 0.2) is 5.82 Å². The Labute approximate surface area is 276 Å². The van der Waals surface area contributed by atoms with Crippen LogP contribution in [0.25, 0.3) is 32.9 Å². The third kappa shape index (κ3) is 6.56. The van der Waals surface area contributed by atoms with Gasteiger partial charge >= 0.3 is 6.01 Å². The molecule has 0 spiro atoms. The number of halogens is 3. The third-order valence-corrected chi connectivity index (χ3v) is 9.20. The molecule has 6 rings (SSSR count). The van der Waals surface area contributed by atoms with Gasteiger partial charge in [-0.15, -0.1) is 0 Å². The molecule has 10 nitrogen and oxygen atoms in total. The van der Waals surface area contributed by atoms with Crippen LogP contribution in [0.5, 0.6) is 6.01 Å². The fourth-order valence-electron chi connectivity index (χ4n) is 6.43. The summed E-state index contributed by atoms with van der Waals surface area (Å²) in [5.41, 5.74) is 0.633. The molecule has 47 heavy (non-hydrogen) atoms. The zero-order valence-corrected chi connectivity index (χ0v) is 26.8. The first-order valence-corrected chi connectivity index (χ1v) is 15.7. The molecule has 244 valence electrons. The van der Waals surface area contributed by atoms with Crippen LogP contribution in [0.15, 0.2) is 54.7 Å². The van der Waals surface area contributed by atoms with E-state index in [1.165, 1.54) is 12.3 Å². The van der Waals surface area contributed by atoms with Gasteiger partial charge in [-0.1, -0.05) is 41.9 Å². The Morgan fingerprint density at radius 1 is 1.17 bits per heavy atom. The van der Waals surface area contributed by atoms with Gasteiger partial charge in [-0.2, -0.15) is 15.2 Å². The highest BCUT2D eigenvalue weighted by molar-refractivity contribution is 6.36. The number of hydrogen-bond acceptors (Lipinski definition) is 9. The second-order valence-electron chi connectivity index (χ2n) is 11.7. The summed E-state index contributed by atoms with van der Waals surface area (Å²) in [5, 5.41) is 11.9. The van der Waals surface area contributed by atoms with Crippen LogP contribution in [0.4, 0.5) is 14.6 Å². The lowest BCUT2D eigenvalue weighted by Crippen LogP contribution is -2.55. The summed E-state index contributed by atoms with van der Waals surface area (Å²) >= 11 is 6.58. The van der Waals surface area contributed by atoms with Gasteiger partial charge in [0, 0.05) is 67.6 Å². The van der Waals surface area contributed by atoms with Crippen LogP contribution in [0.1, 0.15) is 12.8 Å². The Bertz CT molecular complexity index is 1860. The first-order valence-electron chi connectivity index (χ1n) is 15.4. The normalized spacial score (nSPS) is 20.4. The average molecular weight is 662 g/mol. The van der Waals surface area contributed by atoms with Crippen molar-refractivity contribution >= 4 is 45.0 Å². The summed E-state index contributed by atoms with van der Waals surface area (Å²) in [5.74, 6) is -0.650. The number of aromatic nitrogens is 3. The Morgan fingerprint density at radius 3 is 2.72 bits per heavy atom. The Kier molecular flexibility index (Phi) is 9.77. The van der Waals surface area contributed by atoms with Crippen molar-refractivity contribution in [3.63, 3.8) is 0 Å². The van der Waals surface area contributed by atoms with Crippen molar-refractivity contribution in [3.05, 3.63) is 65.6 Å². The van der Waals surface area contributed by atoms with Crippen molar-refractivity contribution in [2.75, 3.05) is 58.5 Å². The average Bonchev–Trinajstić information content (AvgIpc) is 3.45. The van der Waals surface area contributed by atoms with E-state index in [-0.39, 0.29) is 61.4 Å². The molecule has 0 aliphatic carbocycles. The van der Waals surface area contributed by atoms with Gasteiger partial charge in [-0.05, 0) is 31.0 Å². The van der Waals surface area contributed by atoms with Crippen molar-refractivity contribution in [2.24, 2.45) is 0 Å². The number of methoxy groups -OCH3 is 1. The number of carbonyl (C=O) groups excluding carboxylic acids is 1. The van der Waals surface area contributed by atoms with E-state index < -0.39 is 18.5 Å². The van der Waals surface area contributed by atoms with Gasteiger partial charge in [0.05, 0.1) is 30.0 Å². The minimum absolute atomic E-state index is 0.00464. The van der Waals surface area contributed by atoms with Gasteiger partial charge in [-0.25, -0.2) is 8.78 Å². The molecule has 2 aliphatic heterocycles. The summed E-state index contributed by atoms with van der Waals surface area (Å²) in [4.78, 5) is 32.2. The summed E-state index contributed by atoms with van der Waals surface area (Å²) in [6.45, 7) is 1.06. The molecule has 0 N–H and O–H groups in total. The van der Waals surface area contributed by atoms with E-state index in [1.54, 1.807) is 24.1 Å². The number of allylic oxidation sites excluding steroid dienone is 1. The molecule has 3 atom stereocenters. The van der Waals surface area contributed by atoms with Crippen LogP contribution >= 0.6 is 11.6 Å². The molecule has 2 saturated heterocycles. The standard InChI is InChI=1S/C34H34ClF2N7O3/c1-42-19-24(46-2)16-23(42)20-47-34-40-32-26(17-39-31(30(32)37)25-8-3-6-21-7-4-9-27(35)29(21)25)33(41-34)43-14-15-44(22(18-43)11-13-38)28(45)10-5-12-36/h3-10,17,22-24H,11-12,14-16,18-20H2,1-2H3/b10-5+/t22-,23-,24+/m0/s1. The lowest BCUT2D eigenvalue weighted by Gasteiger charge is -2.41. The van der Waals surface area contributed by atoms with Crippen molar-refractivity contribution in [1.29, 1.82) is 5.26 Å². The van der Waals surface area contributed by atoms with E-state index >= 15 is 4.39 Å². The van der Waals surface area contributed by atoms with E-state index in [2.05, 4.69) is 20.9 Å². The number of ether oxygens (including phenoxy) is 2. The van der Waals surface area contributed by atoms with Crippen molar-refractivity contribution in [2.45, 2.75) is 31.0 Å². The number of piperazine rings is 1. The number of nitrogens with zero attached hydrogens (tertiary/aromatic N) is 7. The fraction of sp³-hybridized carbons (Fsp3) is 0.382. The molecule has 0 unspecified atom stereocenters. The van der Waals surface area contributed by atoms with E-state index in [4.69, 9.17) is 26.1 Å². The maximum Gasteiger partial charge on any atom is 0.319 e. The maximum absolute atomic E-state index is 16.7. The number of likely N-dealkylation sites (tertiary alicyclic amines) is 1. The van der Waals surface area contributed by atoms with Crippen LogP contribution in [-0.4, -0.2) is 102 Å². The number of fused-ring (bicyclic) bond motifs is 2. The number of nitriles is 1. The zero-order valence-electron chi connectivity index (χ0n) is 26.1. The summed E-state index contributed by atoms with van der Waals surface area (Å²) in [7, 11) is 3.67. The lowest BCUT2D eigenvalue weighted by atomic mass is 10.0. The van der Waals surface area contributed by atoms with Crippen LogP contribution in [0.2, 0.25) is 5.02 Å². The first kappa shape index (κ1) is 32.5. The van der Waals surface area contributed by atoms with Gasteiger partial charge in [0.25, 0.3) is 0 Å². The molecule has 1 amide bonds. The number of anilines is 1. The first-order chi connectivity index (χ1) is 22.8. The number of alkyl halides is 1. The molecule has 4 aromatic rings. The molecule has 0 radical (unpaired) electrons. The van der Waals surface area contributed by atoms with Crippen molar-refractivity contribution in [1.82, 2.24) is 24.8 Å². The second kappa shape index (κ2) is 14.1. The van der Waals surface area contributed by atoms with Gasteiger partial charge < -0.3 is 19.3 Å². The summed E-state index contributed by atoms with van der Waals surface area (Å²) < 4.78 is 41.1. The largest absolute Gasteiger partial charge is 0.462 e. The van der Waals surface area contributed by atoms with Crippen molar-refractivity contribution < 1.29 is 23.0 Å². The number of likely N-dealkylation sites (N-methyl/N-ethyl adjacent to an activating group) is 1. The molecule has 0 bridgehead atoms. The fourth-order valence-corrected chi connectivity index (χ4v) is 6.72. The Hall–Kier alpha value is -4.44. The molecule has 0 saturated carbocycles. The zero-order chi connectivity index (χ0) is 33.1. The summed E-state index contributed by atoms with van der Waals surface area (Å²) in [6, 6.07) is 12.7. The monoisotopic (exact) mass is 661 g/mol.